The van der Waals surface area contributed by atoms with E-state index in [9.17, 15) is 14.4 Å². The van der Waals surface area contributed by atoms with Gasteiger partial charge >= 0.3 is 0 Å². The molecule has 0 aromatic rings. The van der Waals surface area contributed by atoms with E-state index in [1.807, 2.05) is 0 Å². The van der Waals surface area contributed by atoms with Crippen molar-refractivity contribution in [2.75, 3.05) is 6.54 Å². The van der Waals surface area contributed by atoms with Crippen LogP contribution >= 0.6 is 0 Å². The molecule has 2 amide bonds. The highest BCUT2D eigenvalue weighted by molar-refractivity contribution is 6.12. The van der Waals surface area contributed by atoms with Crippen molar-refractivity contribution < 1.29 is 14.4 Å². The molecule has 2 N–H and O–H groups in total. The molecule has 0 bridgehead atoms. The summed E-state index contributed by atoms with van der Waals surface area (Å²) in [6.45, 7) is 0.298. The summed E-state index contributed by atoms with van der Waals surface area (Å²) in [7, 11) is 0. The fourth-order valence-corrected chi connectivity index (χ4v) is 1.71. The van der Waals surface area contributed by atoms with E-state index in [2.05, 4.69) is 0 Å². The average molecular weight is 222 g/mol. The van der Waals surface area contributed by atoms with E-state index >= 15 is 0 Å². The summed E-state index contributed by atoms with van der Waals surface area (Å²) in [6, 6.07) is 0. The Labute approximate surface area is 93.3 Å². The Hall–Kier alpha value is -1.49. The number of hydrogen-bond donors (Lipinski definition) is 1. The first kappa shape index (κ1) is 11.0. The molecular formula is C11H14N2O3. The maximum atomic E-state index is 11.5. The van der Waals surface area contributed by atoms with Gasteiger partial charge < -0.3 is 5.73 Å². The summed E-state index contributed by atoms with van der Waals surface area (Å²) in [4.78, 5) is 35.0. The Balaban J connectivity index is 1.74. The monoisotopic (exact) mass is 222 g/mol. The maximum absolute atomic E-state index is 11.5. The highest BCUT2D eigenvalue weighted by Crippen LogP contribution is 2.34. The molecule has 1 aliphatic heterocycles. The van der Waals surface area contributed by atoms with Gasteiger partial charge in [0.1, 0.15) is 0 Å². The molecule has 1 aliphatic carbocycles. The van der Waals surface area contributed by atoms with Gasteiger partial charge in [-0.2, -0.15) is 0 Å². The van der Waals surface area contributed by atoms with Crippen LogP contribution in [0, 0.1) is 0 Å². The van der Waals surface area contributed by atoms with E-state index in [1.54, 1.807) is 0 Å². The molecule has 0 unspecified atom stereocenters. The smallest absolute Gasteiger partial charge is 0.253 e. The number of carbonyl (C=O) groups excluding carboxylic acids is 3. The third-order valence-electron chi connectivity index (χ3n) is 3.03. The third kappa shape index (κ3) is 2.04. The second-order valence-electron chi connectivity index (χ2n) is 4.34. The first-order chi connectivity index (χ1) is 7.53. The van der Waals surface area contributed by atoms with Crippen LogP contribution in [0.25, 0.3) is 0 Å². The van der Waals surface area contributed by atoms with Gasteiger partial charge in [-0.05, 0) is 19.3 Å². The number of hydrogen-bond acceptors (Lipinski definition) is 4. The van der Waals surface area contributed by atoms with Gasteiger partial charge in [0, 0.05) is 25.1 Å². The van der Waals surface area contributed by atoms with Crippen LogP contribution in [0.2, 0.25) is 0 Å². The summed E-state index contributed by atoms with van der Waals surface area (Å²) >= 11 is 0. The van der Waals surface area contributed by atoms with Crippen molar-refractivity contribution in [3.63, 3.8) is 0 Å². The second-order valence-corrected chi connectivity index (χ2v) is 4.34. The number of carbonyl (C=O) groups is 3. The number of ketones is 1. The van der Waals surface area contributed by atoms with Crippen molar-refractivity contribution >= 4 is 17.6 Å². The molecule has 0 aromatic heterocycles. The summed E-state index contributed by atoms with van der Waals surface area (Å²) in [5, 5.41) is 0. The fraction of sp³-hybridized carbons (Fsp3) is 0.545. The van der Waals surface area contributed by atoms with Crippen molar-refractivity contribution in [1.29, 1.82) is 0 Å². The standard InChI is InChI=1S/C11H14N2O3/c12-11(5-6-11)8(14)2-1-7-13-9(15)3-4-10(13)16/h3-4H,1-2,5-7,12H2. The van der Waals surface area contributed by atoms with Crippen LogP contribution in [0.1, 0.15) is 25.7 Å². The van der Waals surface area contributed by atoms with Gasteiger partial charge in [0.2, 0.25) is 0 Å². The molecule has 0 radical (unpaired) electrons. The summed E-state index contributed by atoms with van der Waals surface area (Å²) in [6.07, 6.45) is 4.85. The quantitative estimate of drug-likeness (QED) is 0.650. The summed E-state index contributed by atoms with van der Waals surface area (Å²) < 4.78 is 0. The molecule has 0 aromatic carbocycles. The molecule has 1 fully saturated rings. The SMILES string of the molecule is NC1(C(=O)CCCN2C(=O)C=CC2=O)CC1. The number of Topliss-reactive ketones (excluding diaryl/α,β-unsaturated/α-hetero) is 1. The Kier molecular flexibility index (Phi) is 2.63. The zero-order valence-electron chi connectivity index (χ0n) is 8.94. The van der Waals surface area contributed by atoms with Crippen LogP contribution in [0.3, 0.4) is 0 Å². The van der Waals surface area contributed by atoms with E-state index in [4.69, 9.17) is 5.73 Å². The van der Waals surface area contributed by atoms with Gasteiger partial charge in [-0.1, -0.05) is 0 Å². The molecule has 86 valence electrons. The third-order valence-corrected chi connectivity index (χ3v) is 3.03. The van der Waals surface area contributed by atoms with E-state index in [0.717, 1.165) is 17.7 Å². The van der Waals surface area contributed by atoms with Gasteiger partial charge in [0.15, 0.2) is 5.78 Å². The van der Waals surface area contributed by atoms with Crippen LogP contribution in [0.15, 0.2) is 12.2 Å². The molecule has 0 atom stereocenters. The lowest BCUT2D eigenvalue weighted by molar-refractivity contribution is -0.137. The normalized spacial score (nSPS) is 21.7. The van der Waals surface area contributed by atoms with E-state index in [1.165, 1.54) is 12.2 Å². The van der Waals surface area contributed by atoms with Crippen molar-refractivity contribution in [2.45, 2.75) is 31.2 Å². The average Bonchev–Trinajstić information content (AvgIpc) is 2.92. The van der Waals surface area contributed by atoms with Crippen LogP contribution in [-0.4, -0.2) is 34.6 Å². The molecule has 1 saturated carbocycles. The predicted molar refractivity (Wildman–Crippen MR) is 56.3 cm³/mol. The predicted octanol–water partition coefficient (Wildman–Crippen LogP) is -0.248. The molecule has 5 heteroatoms. The lowest BCUT2D eigenvalue weighted by Gasteiger charge is -2.13. The van der Waals surface area contributed by atoms with Crippen LogP contribution in [0.5, 0.6) is 0 Å². The van der Waals surface area contributed by atoms with Gasteiger partial charge in [0.25, 0.3) is 11.8 Å². The molecule has 5 nitrogen and oxygen atoms in total. The number of nitrogens with two attached hydrogens (primary N) is 1. The number of rotatable bonds is 5. The molecule has 2 aliphatic rings. The first-order valence-electron chi connectivity index (χ1n) is 5.39. The van der Waals surface area contributed by atoms with Gasteiger partial charge in [-0.3, -0.25) is 19.3 Å². The van der Waals surface area contributed by atoms with Crippen molar-refractivity contribution in [3.05, 3.63) is 12.2 Å². The van der Waals surface area contributed by atoms with Crippen molar-refractivity contribution in [2.24, 2.45) is 5.73 Å². The minimum absolute atomic E-state index is 0.0413. The molecule has 0 spiro atoms. The summed E-state index contributed by atoms with van der Waals surface area (Å²) in [5.41, 5.74) is 5.13. The zero-order chi connectivity index (χ0) is 11.8. The maximum Gasteiger partial charge on any atom is 0.253 e. The zero-order valence-corrected chi connectivity index (χ0v) is 8.94. The minimum Gasteiger partial charge on any atom is -0.319 e. The first-order valence-corrected chi connectivity index (χ1v) is 5.39. The molecule has 1 heterocycles. The largest absolute Gasteiger partial charge is 0.319 e. The lowest BCUT2D eigenvalue weighted by atomic mass is 10.1. The number of amides is 2. The number of nitrogens with zero attached hydrogens (tertiary/aromatic N) is 1. The Morgan fingerprint density at radius 1 is 1.31 bits per heavy atom. The Morgan fingerprint density at radius 2 is 1.88 bits per heavy atom. The lowest BCUT2D eigenvalue weighted by Crippen LogP contribution is -2.35. The molecule has 0 saturated heterocycles. The van der Waals surface area contributed by atoms with E-state index in [-0.39, 0.29) is 17.6 Å². The van der Waals surface area contributed by atoms with Gasteiger partial charge in [0.05, 0.1) is 5.54 Å². The molecule has 2 rings (SSSR count). The number of imide groups is 1. The van der Waals surface area contributed by atoms with E-state index < -0.39 is 5.54 Å². The second kappa shape index (κ2) is 3.83. The highest BCUT2D eigenvalue weighted by Gasteiger charge is 2.44. The van der Waals surface area contributed by atoms with Crippen LogP contribution in [0.4, 0.5) is 0 Å². The van der Waals surface area contributed by atoms with Crippen LogP contribution in [-0.2, 0) is 14.4 Å². The fourth-order valence-electron chi connectivity index (χ4n) is 1.71. The van der Waals surface area contributed by atoms with Gasteiger partial charge in [-0.25, -0.2) is 0 Å². The molecular weight excluding hydrogens is 208 g/mol. The summed E-state index contributed by atoms with van der Waals surface area (Å²) in [5.74, 6) is -0.558. The topological polar surface area (TPSA) is 80.5 Å². The minimum atomic E-state index is -0.600. The highest BCUT2D eigenvalue weighted by atomic mass is 16.2. The Morgan fingerprint density at radius 3 is 2.38 bits per heavy atom. The van der Waals surface area contributed by atoms with Gasteiger partial charge in [-0.15, -0.1) is 0 Å². The van der Waals surface area contributed by atoms with Crippen molar-refractivity contribution in [1.82, 2.24) is 4.90 Å². The van der Waals surface area contributed by atoms with Crippen LogP contribution < -0.4 is 5.73 Å². The Bertz CT molecular complexity index is 365. The van der Waals surface area contributed by atoms with E-state index in [0.29, 0.717) is 19.4 Å². The molecule has 16 heavy (non-hydrogen) atoms. The van der Waals surface area contributed by atoms with Crippen molar-refractivity contribution in [3.8, 4) is 0 Å².